The van der Waals surface area contributed by atoms with Crippen LogP contribution in [0.4, 0.5) is 5.82 Å². The number of nitrogens with one attached hydrogen (secondary N) is 1. The van der Waals surface area contributed by atoms with E-state index in [0.717, 1.165) is 32.0 Å². The number of aromatic nitrogens is 1. The number of anilines is 1. The minimum atomic E-state index is 0.497. The summed E-state index contributed by atoms with van der Waals surface area (Å²) < 4.78 is 0. The molecule has 0 saturated carbocycles. The van der Waals surface area contributed by atoms with E-state index in [9.17, 15) is 0 Å². The van der Waals surface area contributed by atoms with Gasteiger partial charge in [-0.15, -0.1) is 0 Å². The second kappa shape index (κ2) is 6.57. The zero-order valence-corrected chi connectivity index (χ0v) is 13.4. The second-order valence-electron chi connectivity index (χ2n) is 7.20. The van der Waals surface area contributed by atoms with Crippen LogP contribution in [0.2, 0.25) is 0 Å². The molecule has 112 valence electrons. The molecule has 2 rings (SSSR count). The molecule has 0 spiro atoms. The summed E-state index contributed by atoms with van der Waals surface area (Å²) in [5, 5.41) is 3.46. The number of hydrogen-bond donors (Lipinski definition) is 1. The number of hydrogen-bond acceptors (Lipinski definition) is 3. The first-order valence-electron chi connectivity index (χ1n) is 7.87. The van der Waals surface area contributed by atoms with Crippen molar-refractivity contribution < 1.29 is 0 Å². The van der Waals surface area contributed by atoms with Crippen LogP contribution in [0.25, 0.3) is 0 Å². The summed E-state index contributed by atoms with van der Waals surface area (Å²) in [6, 6.07) is 4.38. The highest BCUT2D eigenvalue weighted by atomic mass is 15.2. The number of rotatable bonds is 5. The van der Waals surface area contributed by atoms with Crippen molar-refractivity contribution in [2.75, 3.05) is 24.5 Å². The molecule has 3 nitrogen and oxygen atoms in total. The van der Waals surface area contributed by atoms with E-state index in [4.69, 9.17) is 0 Å². The maximum Gasteiger partial charge on any atom is 0.128 e. The molecule has 1 aromatic heterocycles. The van der Waals surface area contributed by atoms with Crippen molar-refractivity contribution in [1.82, 2.24) is 10.3 Å². The number of nitrogens with zero attached hydrogens (tertiary/aromatic N) is 2. The minimum absolute atomic E-state index is 0.497. The van der Waals surface area contributed by atoms with Crippen LogP contribution in [0.5, 0.6) is 0 Å². The Hall–Kier alpha value is -1.09. The first-order chi connectivity index (χ1) is 9.46. The second-order valence-corrected chi connectivity index (χ2v) is 7.20. The first-order valence-corrected chi connectivity index (χ1v) is 7.87. The maximum atomic E-state index is 4.63. The smallest absolute Gasteiger partial charge is 0.128 e. The lowest BCUT2D eigenvalue weighted by Gasteiger charge is -2.37. The maximum absolute atomic E-state index is 4.63. The summed E-state index contributed by atoms with van der Waals surface area (Å²) >= 11 is 0. The Morgan fingerprint density at radius 3 is 2.50 bits per heavy atom. The Labute approximate surface area is 123 Å². The lowest BCUT2D eigenvalue weighted by Crippen LogP contribution is -2.37. The van der Waals surface area contributed by atoms with Crippen LogP contribution >= 0.6 is 0 Å². The minimum Gasteiger partial charge on any atom is -0.357 e. The fourth-order valence-corrected chi connectivity index (χ4v) is 2.55. The van der Waals surface area contributed by atoms with Gasteiger partial charge >= 0.3 is 0 Å². The van der Waals surface area contributed by atoms with E-state index in [1.165, 1.54) is 18.4 Å². The van der Waals surface area contributed by atoms with Crippen molar-refractivity contribution in [3.63, 3.8) is 0 Å². The van der Waals surface area contributed by atoms with Crippen LogP contribution in [0, 0.1) is 11.3 Å². The molecule has 1 N–H and O–H groups in total. The predicted molar refractivity (Wildman–Crippen MR) is 86.0 cm³/mol. The van der Waals surface area contributed by atoms with E-state index in [2.05, 4.69) is 55.0 Å². The Balaban J connectivity index is 1.85. The molecule has 0 aliphatic carbocycles. The standard InChI is InChI=1S/C17H29N3/c1-14(2)11-18-12-15-5-6-16(19-13-15)20-9-7-17(3,4)8-10-20/h5-6,13-14,18H,7-12H2,1-4H3. The van der Waals surface area contributed by atoms with Crippen molar-refractivity contribution in [2.45, 2.75) is 47.1 Å². The summed E-state index contributed by atoms with van der Waals surface area (Å²) in [4.78, 5) is 7.05. The van der Waals surface area contributed by atoms with Crippen LogP contribution in [-0.2, 0) is 6.54 Å². The Morgan fingerprint density at radius 2 is 1.95 bits per heavy atom. The average molecular weight is 275 g/mol. The van der Waals surface area contributed by atoms with Crippen LogP contribution in [0.15, 0.2) is 18.3 Å². The summed E-state index contributed by atoms with van der Waals surface area (Å²) in [5.41, 5.74) is 1.77. The van der Waals surface area contributed by atoms with Gasteiger partial charge in [0.2, 0.25) is 0 Å². The van der Waals surface area contributed by atoms with Crippen molar-refractivity contribution in [3.8, 4) is 0 Å². The van der Waals surface area contributed by atoms with Gasteiger partial charge in [0.25, 0.3) is 0 Å². The zero-order chi connectivity index (χ0) is 14.6. The summed E-state index contributed by atoms with van der Waals surface area (Å²) in [7, 11) is 0. The van der Waals surface area contributed by atoms with Gasteiger partial charge < -0.3 is 10.2 Å². The van der Waals surface area contributed by atoms with Gasteiger partial charge in [-0.1, -0.05) is 33.8 Å². The quantitative estimate of drug-likeness (QED) is 0.892. The zero-order valence-electron chi connectivity index (χ0n) is 13.4. The van der Waals surface area contributed by atoms with Crippen molar-refractivity contribution >= 4 is 5.82 Å². The lowest BCUT2D eigenvalue weighted by atomic mass is 9.83. The van der Waals surface area contributed by atoms with Gasteiger partial charge in [0.1, 0.15) is 5.82 Å². The fourth-order valence-electron chi connectivity index (χ4n) is 2.55. The van der Waals surface area contributed by atoms with Gasteiger partial charge in [0.05, 0.1) is 0 Å². The molecule has 0 radical (unpaired) electrons. The largest absolute Gasteiger partial charge is 0.357 e. The molecular formula is C17H29N3. The molecule has 1 saturated heterocycles. The first kappa shape index (κ1) is 15.3. The van der Waals surface area contributed by atoms with E-state index in [1.807, 2.05) is 6.20 Å². The van der Waals surface area contributed by atoms with Crippen molar-refractivity contribution in [2.24, 2.45) is 11.3 Å². The molecule has 1 fully saturated rings. The van der Waals surface area contributed by atoms with Gasteiger partial charge in [-0.05, 0) is 42.3 Å². The van der Waals surface area contributed by atoms with Gasteiger partial charge in [-0.25, -0.2) is 4.98 Å². The van der Waals surface area contributed by atoms with Crippen molar-refractivity contribution in [1.29, 1.82) is 0 Å². The average Bonchev–Trinajstić information content (AvgIpc) is 2.39. The lowest BCUT2D eigenvalue weighted by molar-refractivity contribution is 0.279. The molecule has 1 aliphatic heterocycles. The molecule has 0 unspecified atom stereocenters. The summed E-state index contributed by atoms with van der Waals surface area (Å²) in [5.74, 6) is 1.83. The highest BCUT2D eigenvalue weighted by Gasteiger charge is 2.25. The fraction of sp³-hybridized carbons (Fsp3) is 0.706. The third-order valence-corrected chi connectivity index (χ3v) is 4.13. The van der Waals surface area contributed by atoms with E-state index in [1.54, 1.807) is 0 Å². The third-order valence-electron chi connectivity index (χ3n) is 4.13. The topological polar surface area (TPSA) is 28.2 Å². The van der Waals surface area contributed by atoms with E-state index >= 15 is 0 Å². The van der Waals surface area contributed by atoms with E-state index in [0.29, 0.717) is 11.3 Å². The molecule has 1 aromatic rings. The molecule has 0 aromatic carbocycles. The van der Waals surface area contributed by atoms with Gasteiger partial charge in [0, 0.05) is 25.8 Å². The van der Waals surface area contributed by atoms with Gasteiger partial charge in [-0.2, -0.15) is 0 Å². The molecule has 0 amide bonds. The van der Waals surface area contributed by atoms with Crippen LogP contribution in [0.1, 0.15) is 46.1 Å². The molecule has 1 aliphatic rings. The number of piperidine rings is 1. The highest BCUT2D eigenvalue weighted by molar-refractivity contribution is 5.39. The predicted octanol–water partition coefficient (Wildman–Crippen LogP) is 3.45. The highest BCUT2D eigenvalue weighted by Crippen LogP contribution is 2.31. The summed E-state index contributed by atoms with van der Waals surface area (Å²) in [6.07, 6.45) is 4.53. The molecule has 20 heavy (non-hydrogen) atoms. The van der Waals surface area contributed by atoms with Gasteiger partial charge in [0.15, 0.2) is 0 Å². The van der Waals surface area contributed by atoms with Crippen molar-refractivity contribution in [3.05, 3.63) is 23.9 Å². The van der Waals surface area contributed by atoms with E-state index < -0.39 is 0 Å². The van der Waals surface area contributed by atoms with Crippen LogP contribution in [-0.4, -0.2) is 24.6 Å². The van der Waals surface area contributed by atoms with E-state index in [-0.39, 0.29) is 0 Å². The van der Waals surface area contributed by atoms with Gasteiger partial charge in [-0.3, -0.25) is 0 Å². The Morgan fingerprint density at radius 1 is 1.25 bits per heavy atom. The molecule has 0 atom stereocenters. The molecular weight excluding hydrogens is 246 g/mol. The van der Waals surface area contributed by atoms with Crippen LogP contribution < -0.4 is 10.2 Å². The third kappa shape index (κ3) is 4.48. The SMILES string of the molecule is CC(C)CNCc1ccc(N2CCC(C)(C)CC2)nc1. The molecule has 2 heterocycles. The molecule has 3 heteroatoms. The Bertz CT molecular complexity index is 399. The number of pyridine rings is 1. The molecule has 0 bridgehead atoms. The van der Waals surface area contributed by atoms with Crippen LogP contribution in [0.3, 0.4) is 0 Å². The monoisotopic (exact) mass is 275 g/mol. The normalized spacial score (nSPS) is 18.6. The summed E-state index contributed by atoms with van der Waals surface area (Å²) in [6.45, 7) is 13.4. The Kier molecular flexibility index (Phi) is 5.03.